The predicted molar refractivity (Wildman–Crippen MR) is 162 cm³/mol. The van der Waals surface area contributed by atoms with Crippen LogP contribution >= 0.6 is 0 Å². The molecule has 41 heavy (non-hydrogen) atoms. The normalized spacial score (nSPS) is 11.7. The molecule has 212 valence electrons. The van der Waals surface area contributed by atoms with Crippen molar-refractivity contribution in [3.05, 3.63) is 102 Å². The number of aryl methyl sites for hydroxylation is 1. The van der Waals surface area contributed by atoms with Gasteiger partial charge in [0.2, 0.25) is 0 Å². The molecule has 1 N–H and O–H groups in total. The number of carboxylic acid groups (broad SMARTS) is 1. The molecule has 4 rings (SSSR count). The first-order valence-corrected chi connectivity index (χ1v) is 14.4. The largest absolute Gasteiger partial charge is 0.494 e. The molecular weight excluding hydrogens is 512 g/mol. The maximum absolute atomic E-state index is 12.8. The van der Waals surface area contributed by atoms with Crippen LogP contribution in [-0.4, -0.2) is 33.4 Å². The maximum atomic E-state index is 12.8. The Balaban J connectivity index is 1.33. The molecule has 0 saturated carbocycles. The number of carbonyl (C=O) groups excluding carboxylic acids is 1. The van der Waals surface area contributed by atoms with Crippen LogP contribution in [0.2, 0.25) is 0 Å². The highest BCUT2D eigenvalue weighted by atomic mass is 16.5. The molecule has 0 spiro atoms. The molecule has 0 fully saturated rings. The van der Waals surface area contributed by atoms with Gasteiger partial charge in [-0.3, -0.25) is 9.59 Å². The fourth-order valence-electron chi connectivity index (χ4n) is 4.81. The second-order valence-corrected chi connectivity index (χ2v) is 10.5. The molecule has 0 bridgehead atoms. The monoisotopic (exact) mass is 550 g/mol. The van der Waals surface area contributed by atoms with Gasteiger partial charge >= 0.3 is 5.97 Å². The van der Waals surface area contributed by atoms with Crippen LogP contribution in [0.4, 0.5) is 0 Å². The minimum Gasteiger partial charge on any atom is -0.494 e. The van der Waals surface area contributed by atoms with E-state index in [9.17, 15) is 14.7 Å². The Hall–Kier alpha value is -4.32. The fourth-order valence-corrected chi connectivity index (χ4v) is 4.81. The summed E-state index contributed by atoms with van der Waals surface area (Å²) in [6.45, 7) is 4.82. The zero-order chi connectivity index (χ0) is 29.0. The number of aromatic nitrogens is 2. The number of aliphatic carboxylic acids is 1. The third kappa shape index (κ3) is 8.58. The highest BCUT2D eigenvalue weighted by molar-refractivity contribution is 5.99. The number of unbranched alkanes of at least 4 members (excludes halogenated alkanes) is 4. The summed E-state index contributed by atoms with van der Waals surface area (Å²) in [6, 6.07) is 22.8. The molecule has 1 heterocycles. The van der Waals surface area contributed by atoms with E-state index in [4.69, 9.17) is 4.74 Å². The molecule has 0 saturated heterocycles. The molecule has 0 aliphatic carbocycles. The summed E-state index contributed by atoms with van der Waals surface area (Å²) >= 11 is 0. The van der Waals surface area contributed by atoms with Crippen LogP contribution < -0.4 is 4.74 Å². The Bertz CT molecular complexity index is 1410. The number of carboxylic acids is 1. The van der Waals surface area contributed by atoms with Crippen molar-refractivity contribution in [1.29, 1.82) is 0 Å². The predicted octanol–water partition coefficient (Wildman–Crippen LogP) is 7.98. The number of Topliss-reactive ketones (excluding diaryl/α,β-unsaturated/α-hetero) is 1. The minimum absolute atomic E-state index is 0.0430. The Morgan fingerprint density at radius 2 is 1.46 bits per heavy atom. The summed E-state index contributed by atoms with van der Waals surface area (Å²) in [5, 5.41) is 9.76. The number of hydrogen-bond donors (Lipinski definition) is 1. The van der Waals surface area contributed by atoms with Crippen LogP contribution in [0.15, 0.2) is 85.2 Å². The number of ketones is 1. The van der Waals surface area contributed by atoms with Crippen molar-refractivity contribution in [1.82, 2.24) is 9.97 Å². The van der Waals surface area contributed by atoms with Crippen molar-refractivity contribution < 1.29 is 19.4 Å². The van der Waals surface area contributed by atoms with Gasteiger partial charge in [-0.1, -0.05) is 93.3 Å². The Kier molecular flexibility index (Phi) is 10.8. The van der Waals surface area contributed by atoms with E-state index in [-0.39, 0.29) is 18.6 Å². The lowest BCUT2D eigenvalue weighted by Crippen LogP contribution is -2.21. The van der Waals surface area contributed by atoms with Crippen molar-refractivity contribution >= 4 is 11.8 Å². The van der Waals surface area contributed by atoms with Gasteiger partial charge < -0.3 is 9.84 Å². The van der Waals surface area contributed by atoms with E-state index < -0.39 is 11.9 Å². The average molecular weight is 551 g/mol. The van der Waals surface area contributed by atoms with E-state index in [1.165, 1.54) is 25.7 Å². The lowest BCUT2D eigenvalue weighted by molar-refractivity contribution is -0.141. The number of rotatable bonds is 15. The van der Waals surface area contributed by atoms with Crippen LogP contribution in [0.25, 0.3) is 22.5 Å². The number of benzene rings is 3. The molecule has 3 aromatic carbocycles. The van der Waals surface area contributed by atoms with Crippen molar-refractivity contribution in [3.63, 3.8) is 0 Å². The second-order valence-electron chi connectivity index (χ2n) is 10.5. The summed E-state index contributed by atoms with van der Waals surface area (Å²) in [4.78, 5) is 33.8. The third-order valence-electron chi connectivity index (χ3n) is 7.28. The molecule has 4 aromatic rings. The SMILES string of the molecule is CCCCCCCOc1ccc(-c2cnc(-c3ccc(C[C@H](CC(=O)c4ccccc4C)C(=O)O)cc3)nc2)cc1. The Morgan fingerprint density at radius 1 is 0.805 bits per heavy atom. The zero-order valence-electron chi connectivity index (χ0n) is 23.9. The standard InChI is InChI=1S/C35H38N2O4/c1-3-4-5-6-9-20-41-31-18-16-27(17-19-31)30-23-36-34(37-24-30)28-14-12-26(13-15-28)21-29(35(39)40)22-33(38)32-11-8-7-10-25(32)2/h7-8,10-19,23-24,29H,3-6,9,20-22H2,1-2H3,(H,39,40)/t29-/m1/s1. The van der Waals surface area contributed by atoms with Crippen molar-refractivity contribution in [2.24, 2.45) is 5.92 Å². The van der Waals surface area contributed by atoms with E-state index in [0.717, 1.165) is 46.6 Å². The maximum Gasteiger partial charge on any atom is 0.307 e. The van der Waals surface area contributed by atoms with Crippen molar-refractivity contribution in [2.45, 2.75) is 58.8 Å². The molecule has 0 amide bonds. The Labute approximate surface area is 242 Å². The van der Waals surface area contributed by atoms with Crippen LogP contribution in [0.1, 0.15) is 66.9 Å². The molecule has 6 heteroatoms. The number of carbonyl (C=O) groups is 2. The number of ether oxygens (including phenoxy) is 1. The quantitative estimate of drug-likeness (QED) is 0.119. The number of nitrogens with zero attached hydrogens (tertiary/aromatic N) is 2. The molecular formula is C35H38N2O4. The second kappa shape index (κ2) is 14.9. The third-order valence-corrected chi connectivity index (χ3v) is 7.28. The van der Waals surface area contributed by atoms with E-state index in [1.54, 1.807) is 24.5 Å². The van der Waals surface area contributed by atoms with Gasteiger partial charge in [0.25, 0.3) is 0 Å². The van der Waals surface area contributed by atoms with Crippen molar-refractivity contribution in [2.75, 3.05) is 6.61 Å². The smallest absolute Gasteiger partial charge is 0.307 e. The first-order chi connectivity index (χ1) is 19.9. The van der Waals surface area contributed by atoms with Gasteiger partial charge in [-0.2, -0.15) is 0 Å². The fraction of sp³-hybridized carbons (Fsp3) is 0.314. The molecule has 6 nitrogen and oxygen atoms in total. The first kappa shape index (κ1) is 29.7. The van der Waals surface area contributed by atoms with E-state index in [2.05, 4.69) is 16.9 Å². The van der Waals surface area contributed by atoms with Gasteiger partial charge in [0, 0.05) is 35.5 Å². The number of hydrogen-bond acceptors (Lipinski definition) is 5. The lowest BCUT2D eigenvalue weighted by atomic mass is 9.90. The lowest BCUT2D eigenvalue weighted by Gasteiger charge is -2.13. The first-order valence-electron chi connectivity index (χ1n) is 14.4. The highest BCUT2D eigenvalue weighted by Gasteiger charge is 2.23. The molecule has 0 unspecified atom stereocenters. The van der Waals surface area contributed by atoms with Gasteiger partial charge in [0.1, 0.15) is 5.75 Å². The summed E-state index contributed by atoms with van der Waals surface area (Å²) in [5.74, 6) is -0.469. The zero-order valence-corrected chi connectivity index (χ0v) is 23.9. The van der Waals surface area contributed by atoms with E-state index in [1.807, 2.05) is 67.6 Å². The minimum atomic E-state index is -0.975. The molecule has 0 aliphatic rings. The van der Waals surface area contributed by atoms with E-state index >= 15 is 0 Å². The Morgan fingerprint density at radius 3 is 2.12 bits per heavy atom. The highest BCUT2D eigenvalue weighted by Crippen LogP contribution is 2.24. The van der Waals surface area contributed by atoms with Crippen molar-refractivity contribution in [3.8, 4) is 28.3 Å². The average Bonchev–Trinajstić information content (AvgIpc) is 2.99. The topological polar surface area (TPSA) is 89.4 Å². The van der Waals surface area contributed by atoms with Crippen LogP contribution in [0.5, 0.6) is 5.75 Å². The van der Waals surface area contributed by atoms with Gasteiger partial charge in [0.15, 0.2) is 11.6 Å². The molecule has 1 atom stereocenters. The summed E-state index contributed by atoms with van der Waals surface area (Å²) < 4.78 is 5.86. The summed E-state index contributed by atoms with van der Waals surface area (Å²) in [5.41, 5.74) is 5.05. The van der Waals surface area contributed by atoms with E-state index in [0.29, 0.717) is 11.4 Å². The van der Waals surface area contributed by atoms with Gasteiger partial charge in [-0.15, -0.1) is 0 Å². The summed E-state index contributed by atoms with van der Waals surface area (Å²) in [7, 11) is 0. The molecule has 0 radical (unpaired) electrons. The summed E-state index contributed by atoms with van der Waals surface area (Å²) in [6.07, 6.45) is 9.91. The van der Waals surface area contributed by atoms with Crippen LogP contribution in [0.3, 0.4) is 0 Å². The van der Waals surface area contributed by atoms with Crippen LogP contribution in [-0.2, 0) is 11.2 Å². The van der Waals surface area contributed by atoms with Gasteiger partial charge in [-0.25, -0.2) is 9.97 Å². The van der Waals surface area contributed by atoms with Gasteiger partial charge in [-0.05, 0) is 48.6 Å². The van der Waals surface area contributed by atoms with Gasteiger partial charge in [0.05, 0.1) is 12.5 Å². The van der Waals surface area contributed by atoms with Crippen LogP contribution in [0, 0.1) is 12.8 Å². The molecule has 0 aliphatic heterocycles. The molecule has 1 aromatic heterocycles.